The van der Waals surface area contributed by atoms with Crippen LogP contribution in [0.3, 0.4) is 0 Å². The molecule has 0 spiro atoms. The summed E-state index contributed by atoms with van der Waals surface area (Å²) >= 11 is 0. The predicted molar refractivity (Wildman–Crippen MR) is 429 cm³/mol. The first kappa shape index (κ1) is 57.8. The van der Waals surface area contributed by atoms with E-state index in [9.17, 15) is 0 Å². The van der Waals surface area contributed by atoms with Crippen molar-refractivity contribution in [3.05, 3.63) is 340 Å². The number of furan rings is 2. The third kappa shape index (κ3) is 9.19. The Kier molecular flexibility index (Phi) is 12.6. The molecule has 8 heteroatoms. The Morgan fingerprint density at radius 3 is 1.10 bits per heavy atom. The van der Waals surface area contributed by atoms with Gasteiger partial charge in [0, 0.05) is 98.3 Å². The second-order valence-electron chi connectivity index (χ2n) is 27.2. The molecule has 0 saturated heterocycles. The van der Waals surface area contributed by atoms with Crippen LogP contribution < -0.4 is 0 Å². The van der Waals surface area contributed by atoms with E-state index in [4.69, 9.17) is 28.8 Å². The van der Waals surface area contributed by atoms with E-state index in [0.717, 1.165) is 199 Å². The van der Waals surface area contributed by atoms with Gasteiger partial charge in [-0.05, 0) is 155 Å². The number of pyridine rings is 4. The Hall–Kier alpha value is -14.1. The summed E-state index contributed by atoms with van der Waals surface area (Å²) in [6.45, 7) is 0. The number of para-hydroxylation sites is 5. The van der Waals surface area contributed by atoms with Crippen LogP contribution in [0.15, 0.2) is 349 Å². The average Bonchev–Trinajstić information content (AvgIpc) is 1.41. The molecule has 14 aromatic carbocycles. The monoisotopic (exact) mass is 1320 g/mol. The van der Waals surface area contributed by atoms with Crippen molar-refractivity contribution in [2.45, 2.75) is 0 Å². The minimum atomic E-state index is 0.838. The molecule has 0 aliphatic heterocycles. The first-order chi connectivity index (χ1) is 51.5. The van der Waals surface area contributed by atoms with Crippen LogP contribution in [0.1, 0.15) is 0 Å². The predicted octanol–water partition coefficient (Wildman–Crippen LogP) is 25.5. The third-order valence-electron chi connectivity index (χ3n) is 21.3. The lowest BCUT2D eigenvalue weighted by Crippen LogP contribution is -1.96. The van der Waals surface area contributed by atoms with Crippen LogP contribution in [0.25, 0.3) is 221 Å². The van der Waals surface area contributed by atoms with Crippen molar-refractivity contribution in [1.29, 1.82) is 0 Å². The Morgan fingerprint density at radius 2 is 0.558 bits per heavy atom. The fourth-order valence-corrected chi connectivity index (χ4v) is 16.2. The van der Waals surface area contributed by atoms with Gasteiger partial charge in [-0.15, -0.1) is 0 Å². The normalized spacial score (nSPS) is 12.0. The zero-order valence-corrected chi connectivity index (χ0v) is 55.8. The van der Waals surface area contributed by atoms with Gasteiger partial charge in [0.1, 0.15) is 22.3 Å². The summed E-state index contributed by atoms with van der Waals surface area (Å²) < 4.78 is 17.1. The van der Waals surface area contributed by atoms with E-state index in [1.165, 1.54) is 21.8 Å². The summed E-state index contributed by atoms with van der Waals surface area (Å²) in [5.74, 6) is 0. The lowest BCUT2D eigenvalue weighted by atomic mass is 9.94. The van der Waals surface area contributed by atoms with Crippen LogP contribution in [0, 0.1) is 0 Å². The highest BCUT2D eigenvalue weighted by atomic mass is 16.3. The lowest BCUT2D eigenvalue weighted by molar-refractivity contribution is 0.668. The largest absolute Gasteiger partial charge is 0.456 e. The molecule has 8 aromatic heterocycles. The Labute approximate surface area is 594 Å². The van der Waals surface area contributed by atoms with E-state index in [2.05, 4.69) is 325 Å². The maximum Gasteiger partial charge on any atom is 0.135 e. The van der Waals surface area contributed by atoms with Gasteiger partial charge in [0.15, 0.2) is 0 Å². The van der Waals surface area contributed by atoms with E-state index < -0.39 is 0 Å². The van der Waals surface area contributed by atoms with Crippen LogP contribution >= 0.6 is 0 Å². The van der Waals surface area contributed by atoms with Gasteiger partial charge in [-0.25, -0.2) is 19.9 Å². The summed E-state index contributed by atoms with van der Waals surface area (Å²) in [5, 5.41) is 13.3. The topological polar surface area (TPSA) is 87.7 Å². The van der Waals surface area contributed by atoms with Gasteiger partial charge in [0.2, 0.25) is 0 Å². The zero-order chi connectivity index (χ0) is 68.1. The number of fused-ring (bicyclic) bond motifs is 18. The van der Waals surface area contributed by atoms with Crippen molar-refractivity contribution in [2.75, 3.05) is 0 Å². The molecule has 104 heavy (non-hydrogen) atoms. The molecule has 0 fully saturated rings. The van der Waals surface area contributed by atoms with Crippen LogP contribution in [0.5, 0.6) is 0 Å². The van der Waals surface area contributed by atoms with Gasteiger partial charge in [0.05, 0.1) is 66.9 Å². The zero-order valence-electron chi connectivity index (χ0n) is 55.8. The van der Waals surface area contributed by atoms with Crippen molar-refractivity contribution >= 4 is 131 Å². The van der Waals surface area contributed by atoms with Gasteiger partial charge in [-0.3, -0.25) is 0 Å². The van der Waals surface area contributed by atoms with E-state index in [1.54, 1.807) is 0 Å². The Balaban J connectivity index is 0.629. The molecule has 0 atom stereocenters. The van der Waals surface area contributed by atoms with Crippen LogP contribution in [0.2, 0.25) is 0 Å². The molecule has 482 valence electrons. The SMILES string of the molecule is c1cc(-c2ccc3oc4ccccc4c3c2)cc(-c2cc(-c3ccc4c(c3)c3ccccc3n4-c3ccc(-c4ccc5ccc6ccc(-c7ccc(-c8ccc9oc%10ccccc%10c9c8)cc7)nc6c5n4)cc3)c3ccc4ccc(-c5ccc(-n6c7ccccc7c7ccccc76)cc5)nc4c3n2)c1. The highest BCUT2D eigenvalue weighted by Gasteiger charge is 2.21. The fourth-order valence-electron chi connectivity index (χ4n) is 16.2. The smallest absolute Gasteiger partial charge is 0.135 e. The molecule has 8 heterocycles. The van der Waals surface area contributed by atoms with Gasteiger partial charge in [0.25, 0.3) is 0 Å². The quantitative estimate of drug-likeness (QED) is 0.134. The van der Waals surface area contributed by atoms with Crippen molar-refractivity contribution in [1.82, 2.24) is 29.1 Å². The van der Waals surface area contributed by atoms with Crippen molar-refractivity contribution in [3.8, 4) is 89.8 Å². The molecular weight excluding hydrogens is 1270 g/mol. The number of hydrogen-bond donors (Lipinski definition) is 0. The fraction of sp³-hybridized carbons (Fsp3) is 0. The summed E-state index contributed by atoms with van der Waals surface area (Å²) in [5.41, 5.74) is 27.9. The van der Waals surface area contributed by atoms with Gasteiger partial charge in [-0.2, -0.15) is 0 Å². The van der Waals surface area contributed by atoms with Gasteiger partial charge < -0.3 is 18.0 Å². The van der Waals surface area contributed by atoms with Crippen LogP contribution in [0.4, 0.5) is 0 Å². The molecule has 0 amide bonds. The average molecular weight is 1330 g/mol. The molecule has 0 aliphatic carbocycles. The minimum Gasteiger partial charge on any atom is -0.456 e. The first-order valence-corrected chi connectivity index (χ1v) is 35.2. The third-order valence-corrected chi connectivity index (χ3v) is 21.3. The first-order valence-electron chi connectivity index (χ1n) is 35.2. The molecule has 0 unspecified atom stereocenters. The second-order valence-corrected chi connectivity index (χ2v) is 27.2. The Bertz CT molecular complexity index is 7290. The second kappa shape index (κ2) is 22.7. The van der Waals surface area contributed by atoms with E-state index in [1.807, 2.05) is 24.3 Å². The summed E-state index contributed by atoms with van der Waals surface area (Å²) in [7, 11) is 0. The molecule has 0 saturated carbocycles. The summed E-state index contributed by atoms with van der Waals surface area (Å²) in [6, 6.07) is 121. The van der Waals surface area contributed by atoms with Crippen LogP contribution in [-0.4, -0.2) is 29.1 Å². The number of benzene rings is 14. The molecule has 0 aliphatic rings. The molecule has 0 bridgehead atoms. The molecule has 0 N–H and O–H groups in total. The Morgan fingerprint density at radius 1 is 0.192 bits per heavy atom. The summed E-state index contributed by atoms with van der Waals surface area (Å²) in [4.78, 5) is 22.0. The maximum atomic E-state index is 6.27. The van der Waals surface area contributed by atoms with Gasteiger partial charge in [-0.1, -0.05) is 218 Å². The molecule has 0 radical (unpaired) electrons. The maximum absolute atomic E-state index is 6.27. The minimum absolute atomic E-state index is 0.838. The highest BCUT2D eigenvalue weighted by Crippen LogP contribution is 2.43. The number of hydrogen-bond acceptors (Lipinski definition) is 6. The number of aromatic nitrogens is 6. The molecule has 22 rings (SSSR count). The lowest BCUT2D eigenvalue weighted by Gasteiger charge is -2.14. The molecule has 22 aromatic rings. The van der Waals surface area contributed by atoms with E-state index >= 15 is 0 Å². The molecule has 8 nitrogen and oxygen atoms in total. The van der Waals surface area contributed by atoms with Crippen molar-refractivity contribution in [2.24, 2.45) is 0 Å². The van der Waals surface area contributed by atoms with Gasteiger partial charge >= 0.3 is 0 Å². The number of nitrogens with zero attached hydrogens (tertiary/aromatic N) is 6. The van der Waals surface area contributed by atoms with E-state index in [-0.39, 0.29) is 0 Å². The van der Waals surface area contributed by atoms with E-state index in [0.29, 0.717) is 0 Å². The molecular formula is C96H56N6O2. The summed E-state index contributed by atoms with van der Waals surface area (Å²) in [6.07, 6.45) is 0. The van der Waals surface area contributed by atoms with Crippen molar-refractivity contribution < 1.29 is 8.83 Å². The standard InChI is InChI=1S/C96H56N6O2/c1-6-19-85-71(14-1)72-15-2-7-20-86(72)101(85)69-41-30-60(31-42-69)83-48-37-63-34-45-76-77(56-84(100-96(76)95(63)99-83)68-13-11-12-64(52-68)66-40-51-92-80(54-66)75-18-5-10-23-90(75)104-92)67-38-49-88-78(55-67)73-16-3-8-21-87(73)102(88)70-43-32-59(33-44-70)82-47-36-62-29-28-61-35-46-81(97-93(61)94(62)98-82)58-26-24-57(25-27-58)65-39-50-91-79(53-65)74-17-4-9-22-89(74)103-91/h1-56H. The highest BCUT2D eigenvalue weighted by molar-refractivity contribution is 6.15. The number of rotatable bonds is 9. The van der Waals surface area contributed by atoms with Crippen LogP contribution in [-0.2, 0) is 0 Å². The van der Waals surface area contributed by atoms with Crippen molar-refractivity contribution in [3.63, 3.8) is 0 Å².